The van der Waals surface area contributed by atoms with Crippen LogP contribution >= 0.6 is 0 Å². The third-order valence-corrected chi connectivity index (χ3v) is 3.93. The molecule has 116 valence electrons. The van der Waals surface area contributed by atoms with E-state index in [9.17, 15) is 4.79 Å². The summed E-state index contributed by atoms with van der Waals surface area (Å²) in [6.45, 7) is 1.74. The quantitative estimate of drug-likeness (QED) is 0.795. The maximum atomic E-state index is 11.9. The highest BCUT2D eigenvalue weighted by Gasteiger charge is 2.46. The van der Waals surface area contributed by atoms with Crippen LogP contribution in [-0.2, 0) is 16.1 Å². The number of rotatable bonds is 6. The molecule has 2 N–H and O–H groups in total. The summed E-state index contributed by atoms with van der Waals surface area (Å²) in [5.74, 6) is 0.339. The number of hydrogen-bond acceptors (Lipinski definition) is 6. The highest BCUT2D eigenvalue weighted by atomic mass is 16.5. The van der Waals surface area contributed by atoms with Crippen LogP contribution < -0.4 is 10.6 Å². The lowest BCUT2D eigenvalue weighted by atomic mass is 9.96. The molecule has 0 aliphatic carbocycles. The van der Waals surface area contributed by atoms with Crippen LogP contribution in [0.3, 0.4) is 0 Å². The summed E-state index contributed by atoms with van der Waals surface area (Å²) in [6.07, 6.45) is 5.24. The van der Waals surface area contributed by atoms with Gasteiger partial charge in [0, 0.05) is 45.7 Å². The normalized spacial score (nSPS) is 22.4. The van der Waals surface area contributed by atoms with Gasteiger partial charge in [0.2, 0.25) is 11.9 Å². The van der Waals surface area contributed by atoms with Gasteiger partial charge in [0.15, 0.2) is 0 Å². The van der Waals surface area contributed by atoms with Crippen LogP contribution in [0.1, 0.15) is 18.4 Å². The average molecular weight is 293 g/mol. The van der Waals surface area contributed by atoms with Crippen molar-refractivity contribution in [2.45, 2.75) is 24.9 Å². The third kappa shape index (κ3) is 3.14. The molecule has 1 aliphatic heterocycles. The molecule has 1 amide bonds. The molecule has 1 atom stereocenters. The van der Waals surface area contributed by atoms with Gasteiger partial charge in [-0.2, -0.15) is 0 Å². The van der Waals surface area contributed by atoms with Gasteiger partial charge < -0.3 is 15.4 Å². The highest BCUT2D eigenvalue weighted by Crippen LogP contribution is 2.31. The molecule has 0 radical (unpaired) electrons. The SMILES string of the molecule is COCC1(C(N)=O)CCCN1Cc1cnc(N(C)C)nc1. The Labute approximate surface area is 125 Å². The monoisotopic (exact) mass is 293 g/mol. The molecule has 7 heteroatoms. The van der Waals surface area contributed by atoms with E-state index < -0.39 is 5.54 Å². The molecule has 0 saturated carbocycles. The molecule has 21 heavy (non-hydrogen) atoms. The van der Waals surface area contributed by atoms with Gasteiger partial charge in [-0.15, -0.1) is 0 Å². The Balaban J connectivity index is 2.15. The number of hydrogen-bond donors (Lipinski definition) is 1. The largest absolute Gasteiger partial charge is 0.382 e. The molecular weight excluding hydrogens is 270 g/mol. The van der Waals surface area contributed by atoms with E-state index in [0.717, 1.165) is 24.9 Å². The predicted octanol–water partition coefficient (Wildman–Crippen LogP) is 0.00890. The number of primary amides is 1. The minimum Gasteiger partial charge on any atom is -0.382 e. The molecule has 1 aromatic heterocycles. The maximum Gasteiger partial charge on any atom is 0.240 e. The topological polar surface area (TPSA) is 84.6 Å². The minimum absolute atomic E-state index is 0.318. The first-order chi connectivity index (χ1) is 9.99. The summed E-state index contributed by atoms with van der Waals surface area (Å²) >= 11 is 0. The molecule has 1 fully saturated rings. The number of nitrogens with two attached hydrogens (primary N) is 1. The number of anilines is 1. The number of nitrogens with zero attached hydrogens (tertiary/aromatic N) is 4. The molecule has 0 aromatic carbocycles. The molecular formula is C14H23N5O2. The van der Waals surface area contributed by atoms with Crippen molar-refractivity contribution in [3.8, 4) is 0 Å². The first kappa shape index (κ1) is 15.7. The summed E-state index contributed by atoms with van der Waals surface area (Å²) < 4.78 is 5.23. The van der Waals surface area contributed by atoms with Gasteiger partial charge in [-0.25, -0.2) is 9.97 Å². The minimum atomic E-state index is -0.713. The van der Waals surface area contributed by atoms with Crippen molar-refractivity contribution in [3.63, 3.8) is 0 Å². The van der Waals surface area contributed by atoms with Crippen molar-refractivity contribution in [1.29, 1.82) is 0 Å². The molecule has 2 rings (SSSR count). The number of methoxy groups -OCH3 is 1. The second kappa shape index (κ2) is 6.36. The fourth-order valence-corrected chi connectivity index (χ4v) is 2.80. The lowest BCUT2D eigenvalue weighted by molar-refractivity contribution is -0.132. The van der Waals surface area contributed by atoms with Crippen LogP contribution in [0.25, 0.3) is 0 Å². The lowest BCUT2D eigenvalue weighted by Gasteiger charge is -2.35. The molecule has 7 nitrogen and oxygen atoms in total. The van der Waals surface area contributed by atoms with Crippen LogP contribution in [0.4, 0.5) is 5.95 Å². The fourth-order valence-electron chi connectivity index (χ4n) is 2.80. The molecule has 0 spiro atoms. The van der Waals surface area contributed by atoms with Gasteiger partial charge in [0.25, 0.3) is 0 Å². The first-order valence-electron chi connectivity index (χ1n) is 7.02. The average Bonchev–Trinajstić information content (AvgIpc) is 2.84. The summed E-state index contributed by atoms with van der Waals surface area (Å²) in [7, 11) is 5.38. The Bertz CT molecular complexity index is 491. The van der Waals surface area contributed by atoms with E-state index >= 15 is 0 Å². The van der Waals surface area contributed by atoms with E-state index in [1.165, 1.54) is 0 Å². The Kier molecular flexibility index (Phi) is 4.74. The zero-order valence-electron chi connectivity index (χ0n) is 12.9. The number of likely N-dealkylation sites (tertiary alicyclic amines) is 1. The number of carbonyl (C=O) groups excluding carboxylic acids is 1. The highest BCUT2D eigenvalue weighted by molar-refractivity contribution is 5.85. The lowest BCUT2D eigenvalue weighted by Crippen LogP contribution is -2.56. The van der Waals surface area contributed by atoms with E-state index in [1.807, 2.05) is 19.0 Å². The van der Waals surface area contributed by atoms with E-state index in [-0.39, 0.29) is 5.91 Å². The fraction of sp³-hybridized carbons (Fsp3) is 0.643. The molecule has 1 aromatic rings. The van der Waals surface area contributed by atoms with Crippen molar-refractivity contribution in [2.24, 2.45) is 5.73 Å². The maximum absolute atomic E-state index is 11.9. The Morgan fingerprint density at radius 2 is 2.14 bits per heavy atom. The number of amides is 1. The standard InChI is InChI=1S/C14H23N5O2/c1-18(2)13-16-7-11(8-17-13)9-19-6-4-5-14(19,10-21-3)12(15)20/h7-8H,4-6,9-10H2,1-3H3,(H2,15,20). The smallest absolute Gasteiger partial charge is 0.240 e. The Morgan fingerprint density at radius 1 is 1.48 bits per heavy atom. The van der Waals surface area contributed by atoms with Crippen molar-refractivity contribution in [1.82, 2.24) is 14.9 Å². The van der Waals surface area contributed by atoms with Gasteiger partial charge in [0.05, 0.1) is 6.61 Å². The van der Waals surface area contributed by atoms with Crippen molar-refractivity contribution >= 4 is 11.9 Å². The van der Waals surface area contributed by atoms with Crippen molar-refractivity contribution in [3.05, 3.63) is 18.0 Å². The molecule has 1 saturated heterocycles. The number of carbonyl (C=O) groups is 1. The Hall–Kier alpha value is -1.73. The molecule has 1 aliphatic rings. The zero-order valence-corrected chi connectivity index (χ0v) is 12.9. The second-order valence-corrected chi connectivity index (χ2v) is 5.64. The summed E-state index contributed by atoms with van der Waals surface area (Å²) in [6, 6.07) is 0. The number of ether oxygens (including phenoxy) is 1. The number of aromatic nitrogens is 2. The summed E-state index contributed by atoms with van der Waals surface area (Å²) in [5.41, 5.74) is 5.88. The van der Waals surface area contributed by atoms with E-state index in [2.05, 4.69) is 14.9 Å². The first-order valence-corrected chi connectivity index (χ1v) is 7.02. The van der Waals surface area contributed by atoms with E-state index in [4.69, 9.17) is 10.5 Å². The predicted molar refractivity (Wildman–Crippen MR) is 79.8 cm³/mol. The zero-order chi connectivity index (χ0) is 15.5. The van der Waals surface area contributed by atoms with Crippen LogP contribution in [0.15, 0.2) is 12.4 Å². The molecule has 2 heterocycles. The van der Waals surface area contributed by atoms with Gasteiger partial charge >= 0.3 is 0 Å². The molecule has 0 bridgehead atoms. The van der Waals surface area contributed by atoms with Crippen molar-refractivity contribution < 1.29 is 9.53 Å². The van der Waals surface area contributed by atoms with E-state index in [0.29, 0.717) is 19.1 Å². The third-order valence-electron chi connectivity index (χ3n) is 3.93. The summed E-state index contributed by atoms with van der Waals surface area (Å²) in [5, 5.41) is 0. The van der Waals surface area contributed by atoms with Crippen LogP contribution in [0.5, 0.6) is 0 Å². The van der Waals surface area contributed by atoms with Crippen LogP contribution in [0, 0.1) is 0 Å². The van der Waals surface area contributed by atoms with Gasteiger partial charge in [-0.05, 0) is 19.4 Å². The Morgan fingerprint density at radius 3 is 2.67 bits per heavy atom. The van der Waals surface area contributed by atoms with E-state index in [1.54, 1.807) is 19.5 Å². The van der Waals surface area contributed by atoms with Crippen molar-refractivity contribution in [2.75, 3.05) is 39.3 Å². The van der Waals surface area contributed by atoms with Gasteiger partial charge in [-0.1, -0.05) is 0 Å². The van der Waals surface area contributed by atoms with Gasteiger partial charge in [-0.3, -0.25) is 9.69 Å². The summed E-state index contributed by atoms with van der Waals surface area (Å²) in [4.78, 5) is 24.4. The van der Waals surface area contributed by atoms with Crippen LogP contribution in [-0.4, -0.2) is 60.7 Å². The second-order valence-electron chi connectivity index (χ2n) is 5.64. The van der Waals surface area contributed by atoms with Crippen LogP contribution in [0.2, 0.25) is 0 Å². The van der Waals surface area contributed by atoms with Gasteiger partial charge in [0.1, 0.15) is 5.54 Å². The molecule has 1 unspecified atom stereocenters.